The second kappa shape index (κ2) is 5.92. The fourth-order valence-electron chi connectivity index (χ4n) is 2.08. The number of nitrogens with zero attached hydrogens (tertiary/aromatic N) is 1. The minimum Gasteiger partial charge on any atom is -0.507 e. The van der Waals surface area contributed by atoms with E-state index in [0.29, 0.717) is 12.1 Å². The molecule has 0 bridgehead atoms. The lowest BCUT2D eigenvalue weighted by Gasteiger charge is -2.20. The van der Waals surface area contributed by atoms with Crippen LogP contribution in [-0.2, 0) is 6.54 Å². The van der Waals surface area contributed by atoms with E-state index in [2.05, 4.69) is 0 Å². The van der Waals surface area contributed by atoms with E-state index in [-0.39, 0.29) is 11.6 Å². The van der Waals surface area contributed by atoms with E-state index in [1.807, 2.05) is 18.0 Å². The second-order valence-electron chi connectivity index (χ2n) is 4.90. The quantitative estimate of drug-likeness (QED) is 0.900. The van der Waals surface area contributed by atoms with Gasteiger partial charge in [0.05, 0.1) is 6.10 Å². The fraction of sp³-hybridized carbons (Fsp3) is 0.250. The highest BCUT2D eigenvalue weighted by molar-refractivity contribution is 5.53. The van der Waals surface area contributed by atoms with Gasteiger partial charge in [0.1, 0.15) is 11.6 Å². The smallest absolute Gasteiger partial charge is 0.123 e. The van der Waals surface area contributed by atoms with Crippen LogP contribution < -0.4 is 4.90 Å². The fourth-order valence-corrected chi connectivity index (χ4v) is 2.08. The molecule has 0 aliphatic carbocycles. The maximum Gasteiger partial charge on any atom is 0.123 e. The summed E-state index contributed by atoms with van der Waals surface area (Å²) >= 11 is 0. The third-order valence-corrected chi connectivity index (χ3v) is 3.24. The van der Waals surface area contributed by atoms with E-state index in [4.69, 9.17) is 0 Å². The number of halogens is 1. The lowest BCUT2D eigenvalue weighted by Crippen LogP contribution is -2.16. The van der Waals surface area contributed by atoms with Gasteiger partial charge in [0.2, 0.25) is 0 Å². The number of rotatable bonds is 4. The van der Waals surface area contributed by atoms with E-state index in [1.165, 1.54) is 12.1 Å². The molecule has 1 unspecified atom stereocenters. The largest absolute Gasteiger partial charge is 0.507 e. The Bertz CT molecular complexity index is 582. The minimum absolute atomic E-state index is 0.0726. The van der Waals surface area contributed by atoms with Crippen LogP contribution in [0.5, 0.6) is 5.75 Å². The van der Waals surface area contributed by atoms with E-state index in [0.717, 1.165) is 11.3 Å². The first-order valence-electron chi connectivity index (χ1n) is 6.44. The van der Waals surface area contributed by atoms with Gasteiger partial charge in [-0.25, -0.2) is 4.39 Å². The van der Waals surface area contributed by atoms with Crippen LogP contribution in [0.15, 0.2) is 42.5 Å². The summed E-state index contributed by atoms with van der Waals surface area (Å²) in [6.07, 6.45) is -0.702. The second-order valence-corrected chi connectivity index (χ2v) is 4.90. The molecule has 0 aliphatic rings. The molecule has 0 saturated heterocycles. The van der Waals surface area contributed by atoms with Crippen molar-refractivity contribution in [3.8, 4) is 5.75 Å². The van der Waals surface area contributed by atoms with Crippen molar-refractivity contribution in [3.05, 3.63) is 59.4 Å². The Morgan fingerprint density at radius 2 is 1.80 bits per heavy atom. The van der Waals surface area contributed by atoms with Crippen LogP contribution in [0.2, 0.25) is 0 Å². The molecular weight excluding hydrogens is 257 g/mol. The van der Waals surface area contributed by atoms with Crippen molar-refractivity contribution in [1.82, 2.24) is 0 Å². The van der Waals surface area contributed by atoms with Crippen molar-refractivity contribution < 1.29 is 14.6 Å². The Balaban J connectivity index is 2.15. The van der Waals surface area contributed by atoms with Crippen LogP contribution in [0.4, 0.5) is 10.1 Å². The first kappa shape index (κ1) is 14.3. The molecule has 20 heavy (non-hydrogen) atoms. The van der Waals surface area contributed by atoms with Crippen LogP contribution in [0.25, 0.3) is 0 Å². The number of aliphatic hydroxyl groups excluding tert-OH is 1. The zero-order chi connectivity index (χ0) is 14.7. The van der Waals surface area contributed by atoms with Gasteiger partial charge >= 0.3 is 0 Å². The van der Waals surface area contributed by atoms with Crippen LogP contribution in [0.3, 0.4) is 0 Å². The van der Waals surface area contributed by atoms with E-state index >= 15 is 0 Å². The summed E-state index contributed by atoms with van der Waals surface area (Å²) in [5.74, 6) is -0.182. The zero-order valence-corrected chi connectivity index (χ0v) is 11.5. The minimum atomic E-state index is -0.702. The summed E-state index contributed by atoms with van der Waals surface area (Å²) in [6.45, 7) is 2.21. The molecule has 4 heteroatoms. The van der Waals surface area contributed by atoms with Crippen molar-refractivity contribution in [2.24, 2.45) is 0 Å². The van der Waals surface area contributed by atoms with Crippen molar-refractivity contribution in [2.45, 2.75) is 19.6 Å². The molecule has 0 saturated carbocycles. The molecule has 2 aromatic carbocycles. The first-order chi connectivity index (χ1) is 9.47. The van der Waals surface area contributed by atoms with Gasteiger partial charge in [-0.2, -0.15) is 0 Å². The van der Waals surface area contributed by atoms with Gasteiger partial charge in [0.15, 0.2) is 0 Å². The van der Waals surface area contributed by atoms with Gasteiger partial charge in [0, 0.05) is 30.9 Å². The zero-order valence-electron chi connectivity index (χ0n) is 11.5. The number of benzene rings is 2. The SMILES string of the molecule is CC(O)c1ccc(N(C)Cc2ccc(F)cc2)cc1O. The Kier molecular flexibility index (Phi) is 4.25. The topological polar surface area (TPSA) is 43.7 Å². The normalized spacial score (nSPS) is 12.2. The Morgan fingerprint density at radius 3 is 2.35 bits per heavy atom. The van der Waals surface area contributed by atoms with Crippen LogP contribution >= 0.6 is 0 Å². The molecule has 2 N–H and O–H groups in total. The lowest BCUT2D eigenvalue weighted by molar-refractivity contribution is 0.195. The van der Waals surface area contributed by atoms with Gasteiger partial charge < -0.3 is 15.1 Å². The molecule has 0 spiro atoms. The summed E-state index contributed by atoms with van der Waals surface area (Å²) in [6, 6.07) is 11.5. The monoisotopic (exact) mass is 275 g/mol. The highest BCUT2D eigenvalue weighted by atomic mass is 19.1. The van der Waals surface area contributed by atoms with Gasteiger partial charge in [-0.15, -0.1) is 0 Å². The molecule has 2 aromatic rings. The number of hydrogen-bond donors (Lipinski definition) is 2. The third kappa shape index (κ3) is 3.27. The predicted molar refractivity (Wildman–Crippen MR) is 77.2 cm³/mol. The molecule has 1 atom stereocenters. The summed E-state index contributed by atoms with van der Waals surface area (Å²) in [5, 5.41) is 19.4. The number of hydrogen-bond acceptors (Lipinski definition) is 3. The molecule has 0 heterocycles. The molecule has 0 radical (unpaired) electrons. The Labute approximate surface area is 117 Å². The maximum absolute atomic E-state index is 12.8. The lowest BCUT2D eigenvalue weighted by atomic mass is 10.1. The highest BCUT2D eigenvalue weighted by Gasteiger charge is 2.10. The number of phenolic OH excluding ortho intramolecular Hbond substituents is 1. The Hall–Kier alpha value is -2.07. The summed E-state index contributed by atoms with van der Waals surface area (Å²) < 4.78 is 12.8. The van der Waals surface area contributed by atoms with Crippen LogP contribution in [0.1, 0.15) is 24.2 Å². The maximum atomic E-state index is 12.8. The van der Waals surface area contributed by atoms with Gasteiger partial charge in [-0.3, -0.25) is 0 Å². The molecule has 0 amide bonds. The number of aromatic hydroxyl groups is 1. The van der Waals surface area contributed by atoms with Crippen molar-refractivity contribution in [1.29, 1.82) is 0 Å². The average Bonchev–Trinajstić information content (AvgIpc) is 2.40. The summed E-state index contributed by atoms with van der Waals surface area (Å²) in [4.78, 5) is 1.94. The Morgan fingerprint density at radius 1 is 1.15 bits per heavy atom. The van der Waals surface area contributed by atoms with Crippen LogP contribution in [-0.4, -0.2) is 17.3 Å². The molecule has 0 fully saturated rings. The van der Waals surface area contributed by atoms with Crippen LogP contribution in [0, 0.1) is 5.82 Å². The molecular formula is C16H18FNO2. The van der Waals surface area contributed by atoms with E-state index < -0.39 is 6.10 Å². The highest BCUT2D eigenvalue weighted by Crippen LogP contribution is 2.29. The summed E-state index contributed by atoms with van der Waals surface area (Å²) in [7, 11) is 1.89. The molecule has 106 valence electrons. The molecule has 0 aromatic heterocycles. The third-order valence-electron chi connectivity index (χ3n) is 3.24. The van der Waals surface area contributed by atoms with Crippen molar-refractivity contribution in [2.75, 3.05) is 11.9 Å². The number of phenols is 1. The van der Waals surface area contributed by atoms with Crippen molar-refractivity contribution in [3.63, 3.8) is 0 Å². The molecule has 3 nitrogen and oxygen atoms in total. The van der Waals surface area contributed by atoms with Gasteiger partial charge in [0.25, 0.3) is 0 Å². The standard InChI is InChI=1S/C16H18FNO2/c1-11(19)15-8-7-14(9-16(15)20)18(2)10-12-3-5-13(17)6-4-12/h3-9,11,19-20H,10H2,1-2H3. The first-order valence-corrected chi connectivity index (χ1v) is 6.44. The van der Waals surface area contributed by atoms with Crippen molar-refractivity contribution >= 4 is 5.69 Å². The summed E-state index contributed by atoms with van der Waals surface area (Å²) in [5.41, 5.74) is 2.31. The number of anilines is 1. The number of aliphatic hydroxyl groups is 1. The average molecular weight is 275 g/mol. The van der Waals surface area contributed by atoms with E-state index in [9.17, 15) is 14.6 Å². The van der Waals surface area contributed by atoms with Gasteiger partial charge in [-0.05, 0) is 30.7 Å². The van der Waals surface area contributed by atoms with E-state index in [1.54, 1.807) is 31.2 Å². The molecule has 2 rings (SSSR count). The van der Waals surface area contributed by atoms with Gasteiger partial charge in [-0.1, -0.05) is 18.2 Å². The predicted octanol–water partition coefficient (Wildman–Crippen LogP) is 3.22. The molecule has 0 aliphatic heterocycles.